The Morgan fingerprint density at radius 2 is 0.470 bits per heavy atom. The molecule has 6 heteroatoms. The van der Waals surface area contributed by atoms with Gasteiger partial charge in [-0.3, -0.25) is 14.4 Å². The predicted molar refractivity (Wildman–Crippen MR) is 362 cm³/mol. The van der Waals surface area contributed by atoms with Crippen LogP contribution < -0.4 is 0 Å². The van der Waals surface area contributed by atoms with Crippen LogP contribution in [0, 0.1) is 0 Å². The van der Waals surface area contributed by atoms with Gasteiger partial charge in [-0.1, -0.05) is 323 Å². The van der Waals surface area contributed by atoms with Crippen LogP contribution in [0.5, 0.6) is 0 Å². The van der Waals surface area contributed by atoms with Crippen LogP contribution in [-0.2, 0) is 28.6 Å². The van der Waals surface area contributed by atoms with Crippen LogP contribution in [0.3, 0.4) is 0 Å². The summed E-state index contributed by atoms with van der Waals surface area (Å²) >= 11 is 0. The minimum Gasteiger partial charge on any atom is -0.462 e. The molecule has 476 valence electrons. The number of rotatable bonds is 64. The Bertz CT molecular complexity index is 1660. The third kappa shape index (κ3) is 68.7. The van der Waals surface area contributed by atoms with Crippen LogP contribution in [0.4, 0.5) is 0 Å². The van der Waals surface area contributed by atoms with Crippen LogP contribution >= 0.6 is 0 Å². The number of allylic oxidation sites excluding steroid dienone is 18. The summed E-state index contributed by atoms with van der Waals surface area (Å²) in [5, 5.41) is 0. The van der Waals surface area contributed by atoms with Gasteiger partial charge < -0.3 is 14.2 Å². The van der Waals surface area contributed by atoms with Gasteiger partial charge >= 0.3 is 17.9 Å². The first-order chi connectivity index (χ1) is 41.0. The maximum atomic E-state index is 13.0. The largest absolute Gasteiger partial charge is 0.462 e. The van der Waals surface area contributed by atoms with Crippen molar-refractivity contribution < 1.29 is 28.6 Å². The van der Waals surface area contributed by atoms with Crippen molar-refractivity contribution in [1.82, 2.24) is 0 Å². The third-order valence-electron chi connectivity index (χ3n) is 15.3. The maximum absolute atomic E-state index is 13.0. The monoisotopic (exact) mass is 1150 g/mol. The van der Waals surface area contributed by atoms with Crippen molar-refractivity contribution >= 4 is 17.9 Å². The highest BCUT2D eigenvalue weighted by Crippen LogP contribution is 2.17. The second-order valence-electron chi connectivity index (χ2n) is 23.4. The molecule has 0 aromatic carbocycles. The molecule has 0 aliphatic carbocycles. The van der Waals surface area contributed by atoms with Crippen LogP contribution in [0.2, 0.25) is 0 Å². The molecule has 0 aromatic heterocycles. The van der Waals surface area contributed by atoms with E-state index < -0.39 is 6.10 Å². The number of hydrogen-bond donors (Lipinski definition) is 0. The molecule has 0 aliphatic heterocycles. The van der Waals surface area contributed by atoms with Gasteiger partial charge in [-0.15, -0.1) is 0 Å². The molecule has 83 heavy (non-hydrogen) atoms. The number of ether oxygens (including phenoxy) is 3. The fourth-order valence-corrected chi connectivity index (χ4v) is 9.99. The summed E-state index contributed by atoms with van der Waals surface area (Å²) in [6.45, 7) is 6.53. The van der Waals surface area contributed by atoms with Gasteiger partial charge in [-0.25, -0.2) is 0 Å². The number of hydrogen-bond acceptors (Lipinski definition) is 6. The van der Waals surface area contributed by atoms with E-state index in [0.29, 0.717) is 19.3 Å². The standard InChI is InChI=1S/C77H132O6/c1-4-7-10-13-16-19-22-25-28-31-33-35-36-37-38-39-40-41-42-43-45-46-49-52-55-58-61-64-67-70-76(79)82-73-74(72-81-75(78)69-66-63-60-57-54-51-48-30-27-24-21-18-15-12-9-6-3)83-77(80)71-68-65-62-59-56-53-50-47-44-34-32-29-26-23-20-17-14-11-8-5-2/h7,10,16,19,21,24-25,28,30,33,35,37-38,40-41,43,45,48,74H,4-6,8-9,11-15,17-18,20,22-23,26-27,29,31-32,34,36,39,42,44,46-47,49-73H2,1-3H3/b10-7-,19-16-,24-21-,28-25-,35-33-,38-37-,41-40-,45-43-,48-30-. The molecule has 0 spiro atoms. The van der Waals surface area contributed by atoms with Gasteiger partial charge in [0.15, 0.2) is 6.10 Å². The SMILES string of the molecule is CC/C=C\C/C=C\C/C=C\C/C=C\C/C=C\C/C=C\C/C=C\CCCCCCCCCC(=O)OCC(COC(=O)CCCCCCC/C=C\C/C=C\CCCCCC)OC(=O)CCCCCCCCCCCCCCCCCCCCCC. The Kier molecular flexibility index (Phi) is 67.2. The molecule has 0 saturated carbocycles. The van der Waals surface area contributed by atoms with Gasteiger partial charge in [0.2, 0.25) is 0 Å². The smallest absolute Gasteiger partial charge is 0.306 e. The van der Waals surface area contributed by atoms with E-state index in [1.165, 1.54) is 173 Å². The van der Waals surface area contributed by atoms with E-state index in [2.05, 4.69) is 130 Å². The van der Waals surface area contributed by atoms with Crippen LogP contribution in [0.25, 0.3) is 0 Å². The van der Waals surface area contributed by atoms with Crippen molar-refractivity contribution in [2.45, 2.75) is 348 Å². The van der Waals surface area contributed by atoms with Crippen LogP contribution in [-0.4, -0.2) is 37.2 Å². The van der Waals surface area contributed by atoms with Gasteiger partial charge in [-0.2, -0.15) is 0 Å². The zero-order valence-electron chi connectivity index (χ0n) is 54.7. The lowest BCUT2D eigenvalue weighted by Crippen LogP contribution is -2.30. The fraction of sp³-hybridized carbons (Fsp3) is 0.727. The van der Waals surface area contributed by atoms with E-state index in [0.717, 1.165) is 128 Å². The fourth-order valence-electron chi connectivity index (χ4n) is 9.99. The predicted octanol–water partition coefficient (Wildman–Crippen LogP) is 24.6. The molecule has 0 bridgehead atoms. The maximum Gasteiger partial charge on any atom is 0.306 e. The molecule has 1 atom stereocenters. The van der Waals surface area contributed by atoms with Crippen molar-refractivity contribution in [2.75, 3.05) is 13.2 Å². The Hall–Kier alpha value is -3.93. The van der Waals surface area contributed by atoms with E-state index in [4.69, 9.17) is 14.2 Å². The first-order valence-corrected chi connectivity index (χ1v) is 35.4. The molecule has 0 heterocycles. The first kappa shape index (κ1) is 79.1. The second-order valence-corrected chi connectivity index (χ2v) is 23.4. The van der Waals surface area contributed by atoms with E-state index in [9.17, 15) is 14.4 Å². The lowest BCUT2D eigenvalue weighted by atomic mass is 10.0. The van der Waals surface area contributed by atoms with Gasteiger partial charge in [-0.05, 0) is 109 Å². The second kappa shape index (κ2) is 70.6. The van der Waals surface area contributed by atoms with Gasteiger partial charge in [0.25, 0.3) is 0 Å². The average Bonchev–Trinajstić information content (AvgIpc) is 3.50. The molecule has 0 N–H and O–H groups in total. The van der Waals surface area contributed by atoms with E-state index in [-0.39, 0.29) is 31.1 Å². The van der Waals surface area contributed by atoms with Crippen molar-refractivity contribution in [1.29, 1.82) is 0 Å². The third-order valence-corrected chi connectivity index (χ3v) is 15.3. The van der Waals surface area contributed by atoms with Crippen molar-refractivity contribution in [3.8, 4) is 0 Å². The topological polar surface area (TPSA) is 78.9 Å². The summed E-state index contributed by atoms with van der Waals surface area (Å²) in [7, 11) is 0. The molecule has 0 radical (unpaired) electrons. The first-order valence-electron chi connectivity index (χ1n) is 35.4. The number of carbonyl (C=O) groups is 3. The summed E-state index contributed by atoms with van der Waals surface area (Å²) in [6, 6.07) is 0. The molecule has 0 aromatic rings. The van der Waals surface area contributed by atoms with Gasteiger partial charge in [0, 0.05) is 19.3 Å². The number of esters is 3. The summed E-state index contributed by atoms with van der Waals surface area (Å²) in [4.78, 5) is 38.5. The molecular weight excluding hydrogens is 1020 g/mol. The van der Waals surface area contributed by atoms with Crippen molar-refractivity contribution in [3.05, 3.63) is 109 Å². The minimum absolute atomic E-state index is 0.0866. The Morgan fingerprint density at radius 3 is 0.747 bits per heavy atom. The summed E-state index contributed by atoms with van der Waals surface area (Å²) in [5.74, 6) is -0.894. The molecule has 0 rings (SSSR count). The van der Waals surface area contributed by atoms with Crippen LogP contribution in [0.1, 0.15) is 342 Å². The molecule has 0 saturated heterocycles. The molecule has 0 aliphatic rings. The van der Waals surface area contributed by atoms with Crippen molar-refractivity contribution in [3.63, 3.8) is 0 Å². The Balaban J connectivity index is 4.37. The Morgan fingerprint density at radius 1 is 0.253 bits per heavy atom. The van der Waals surface area contributed by atoms with E-state index >= 15 is 0 Å². The lowest BCUT2D eigenvalue weighted by molar-refractivity contribution is -0.167. The highest BCUT2D eigenvalue weighted by molar-refractivity contribution is 5.71. The molecule has 0 fully saturated rings. The molecule has 1 unspecified atom stereocenters. The molecular formula is C77H132O6. The molecule has 6 nitrogen and oxygen atoms in total. The normalized spacial score (nSPS) is 12.8. The summed E-state index contributed by atoms with van der Waals surface area (Å²) in [6.07, 6.45) is 96.7. The zero-order chi connectivity index (χ0) is 59.9. The summed E-state index contributed by atoms with van der Waals surface area (Å²) in [5.41, 5.74) is 0. The molecule has 0 amide bonds. The van der Waals surface area contributed by atoms with Crippen LogP contribution in [0.15, 0.2) is 109 Å². The number of carbonyl (C=O) groups excluding carboxylic acids is 3. The average molecular weight is 1150 g/mol. The number of unbranched alkanes of at least 4 members (excludes halogenated alkanes) is 35. The lowest BCUT2D eigenvalue weighted by Gasteiger charge is -2.18. The van der Waals surface area contributed by atoms with E-state index in [1.807, 2.05) is 0 Å². The van der Waals surface area contributed by atoms with Crippen molar-refractivity contribution in [2.24, 2.45) is 0 Å². The van der Waals surface area contributed by atoms with Gasteiger partial charge in [0.05, 0.1) is 0 Å². The van der Waals surface area contributed by atoms with E-state index in [1.54, 1.807) is 0 Å². The highest BCUT2D eigenvalue weighted by atomic mass is 16.6. The highest BCUT2D eigenvalue weighted by Gasteiger charge is 2.19. The summed E-state index contributed by atoms with van der Waals surface area (Å²) < 4.78 is 17.0. The van der Waals surface area contributed by atoms with Gasteiger partial charge in [0.1, 0.15) is 13.2 Å². The Labute approximate surface area is 514 Å². The minimum atomic E-state index is -0.790. The quantitative estimate of drug-likeness (QED) is 0.0261. The zero-order valence-corrected chi connectivity index (χ0v) is 54.7.